The molecule has 0 aliphatic carbocycles. The maximum Gasteiger partial charge on any atom is 0.374 e. The fourth-order valence-corrected chi connectivity index (χ4v) is 2.56. The first-order valence-corrected chi connectivity index (χ1v) is 8.30. The number of nitrogens with zero attached hydrogens (tertiary/aromatic N) is 4. The van der Waals surface area contributed by atoms with Crippen LogP contribution in [0.3, 0.4) is 0 Å². The highest BCUT2D eigenvalue weighted by molar-refractivity contribution is 6.36. The fourth-order valence-electron chi connectivity index (χ4n) is 2.07. The lowest BCUT2D eigenvalue weighted by atomic mass is 10.2. The number of nitrogens with one attached hydrogen (secondary N) is 2. The molecule has 0 aliphatic rings. The van der Waals surface area contributed by atoms with Crippen molar-refractivity contribution in [1.29, 1.82) is 0 Å². The van der Waals surface area contributed by atoms with Crippen molar-refractivity contribution < 1.29 is 14.5 Å². The molecule has 0 unspecified atom stereocenters. The molecule has 1 amide bonds. The van der Waals surface area contributed by atoms with Gasteiger partial charge in [0.05, 0.1) is 21.7 Å². The van der Waals surface area contributed by atoms with Crippen molar-refractivity contribution in [3.8, 4) is 11.6 Å². The lowest BCUT2D eigenvalue weighted by Gasteiger charge is -2.11. The maximum absolute atomic E-state index is 12.3. The van der Waals surface area contributed by atoms with Crippen molar-refractivity contribution in [2.75, 3.05) is 5.43 Å². The summed E-state index contributed by atoms with van der Waals surface area (Å²) in [4.78, 5) is 34.4. The van der Waals surface area contributed by atoms with E-state index in [1.165, 1.54) is 30.6 Å². The van der Waals surface area contributed by atoms with Gasteiger partial charge in [-0.2, -0.15) is 4.98 Å². The van der Waals surface area contributed by atoms with Crippen molar-refractivity contribution >= 4 is 40.6 Å². The van der Waals surface area contributed by atoms with Crippen LogP contribution in [0.5, 0.6) is 11.6 Å². The molecule has 2 aromatic heterocycles. The third-order valence-corrected chi connectivity index (χ3v) is 3.84. The van der Waals surface area contributed by atoms with E-state index in [1.807, 2.05) is 0 Å². The number of hydrogen-bond acceptors (Lipinski definition) is 8. The zero-order chi connectivity index (χ0) is 20.1. The van der Waals surface area contributed by atoms with Crippen molar-refractivity contribution in [2.24, 2.45) is 0 Å². The molecule has 0 aliphatic heterocycles. The topological polar surface area (TPSA) is 132 Å². The summed E-state index contributed by atoms with van der Waals surface area (Å²) in [7, 11) is 0. The summed E-state index contributed by atoms with van der Waals surface area (Å²) < 4.78 is 5.39. The highest BCUT2D eigenvalue weighted by Crippen LogP contribution is 2.33. The van der Waals surface area contributed by atoms with Crippen LogP contribution in [0.2, 0.25) is 10.0 Å². The number of ether oxygens (including phenoxy) is 1. The number of pyridine rings is 1. The van der Waals surface area contributed by atoms with Crippen molar-refractivity contribution in [1.82, 2.24) is 20.4 Å². The van der Waals surface area contributed by atoms with Crippen LogP contribution in [0.1, 0.15) is 10.4 Å². The smallest absolute Gasteiger partial charge is 0.374 e. The first-order valence-electron chi connectivity index (χ1n) is 7.54. The summed E-state index contributed by atoms with van der Waals surface area (Å²) >= 11 is 11.8. The Hall–Kier alpha value is -3.50. The molecule has 0 bridgehead atoms. The van der Waals surface area contributed by atoms with E-state index >= 15 is 0 Å². The van der Waals surface area contributed by atoms with E-state index in [0.717, 1.165) is 6.33 Å². The Morgan fingerprint density at radius 1 is 1.21 bits per heavy atom. The number of anilines is 1. The number of benzene rings is 1. The first-order chi connectivity index (χ1) is 13.5. The molecule has 3 aromatic rings. The Morgan fingerprint density at radius 2 is 2.04 bits per heavy atom. The van der Waals surface area contributed by atoms with Crippen molar-refractivity contribution in [2.45, 2.75) is 0 Å². The van der Waals surface area contributed by atoms with Gasteiger partial charge in [0.25, 0.3) is 5.91 Å². The van der Waals surface area contributed by atoms with E-state index in [0.29, 0.717) is 5.02 Å². The van der Waals surface area contributed by atoms with Gasteiger partial charge in [-0.15, -0.1) is 0 Å². The predicted octanol–water partition coefficient (Wildman–Crippen LogP) is 3.64. The Balaban J connectivity index is 1.82. The maximum atomic E-state index is 12.3. The van der Waals surface area contributed by atoms with Gasteiger partial charge >= 0.3 is 11.6 Å². The number of halogens is 2. The lowest BCUT2D eigenvalue weighted by Crippen LogP contribution is -2.30. The molecular formula is C16H10Cl2N6O4. The van der Waals surface area contributed by atoms with Gasteiger partial charge in [-0.1, -0.05) is 23.2 Å². The molecule has 0 saturated carbocycles. The monoisotopic (exact) mass is 420 g/mol. The molecule has 0 saturated heterocycles. The number of hydrazine groups is 1. The average Bonchev–Trinajstić information content (AvgIpc) is 2.66. The van der Waals surface area contributed by atoms with E-state index in [2.05, 4.69) is 25.8 Å². The largest absolute Gasteiger partial charge is 0.432 e. The molecule has 0 spiro atoms. The molecule has 1 aromatic carbocycles. The number of carbonyl (C=O) groups excluding carboxylic acids is 1. The number of nitro groups is 1. The number of amides is 1. The van der Waals surface area contributed by atoms with E-state index < -0.39 is 16.5 Å². The second-order valence-electron chi connectivity index (χ2n) is 5.13. The fraction of sp³-hybridized carbons (Fsp3) is 0. The first kappa shape index (κ1) is 19.3. The van der Waals surface area contributed by atoms with Crippen molar-refractivity contribution in [3.63, 3.8) is 0 Å². The summed E-state index contributed by atoms with van der Waals surface area (Å²) in [6, 6.07) is 7.43. The molecule has 0 fully saturated rings. The van der Waals surface area contributed by atoms with E-state index in [9.17, 15) is 14.9 Å². The molecule has 3 rings (SSSR count). The normalized spacial score (nSPS) is 10.2. The molecule has 10 nitrogen and oxygen atoms in total. The van der Waals surface area contributed by atoms with Crippen LogP contribution in [0.25, 0.3) is 0 Å². The minimum absolute atomic E-state index is 0.113. The second-order valence-corrected chi connectivity index (χ2v) is 5.97. The molecular weight excluding hydrogens is 411 g/mol. The SMILES string of the molecule is O=C(NNc1ncnc(Oc2cccnc2)c1[N+](=O)[O-])c1ccc(Cl)cc1Cl. The summed E-state index contributed by atoms with van der Waals surface area (Å²) in [6.45, 7) is 0. The van der Waals surface area contributed by atoms with Gasteiger partial charge in [0.2, 0.25) is 5.82 Å². The Kier molecular flexibility index (Phi) is 5.82. The average molecular weight is 421 g/mol. The molecule has 142 valence electrons. The lowest BCUT2D eigenvalue weighted by molar-refractivity contribution is -0.385. The third kappa shape index (κ3) is 4.42. The summed E-state index contributed by atoms with van der Waals surface area (Å²) in [5.74, 6) is -1.01. The molecule has 2 N–H and O–H groups in total. The molecule has 0 radical (unpaired) electrons. The van der Waals surface area contributed by atoms with Gasteiger partial charge in [-0.3, -0.25) is 30.7 Å². The second kappa shape index (κ2) is 8.46. The molecule has 28 heavy (non-hydrogen) atoms. The van der Waals surface area contributed by atoms with Crippen molar-refractivity contribution in [3.05, 3.63) is 74.8 Å². The summed E-state index contributed by atoms with van der Waals surface area (Å²) in [5.41, 5.74) is 4.20. The van der Waals surface area contributed by atoms with E-state index in [4.69, 9.17) is 27.9 Å². The zero-order valence-corrected chi connectivity index (χ0v) is 15.3. The number of hydrogen-bond donors (Lipinski definition) is 2. The van der Waals surface area contributed by atoms with Crippen LogP contribution in [-0.4, -0.2) is 25.8 Å². The number of carbonyl (C=O) groups is 1. The summed E-state index contributed by atoms with van der Waals surface area (Å²) in [5, 5.41) is 12.0. The molecule has 12 heteroatoms. The Labute approximate surface area is 167 Å². The molecule has 0 atom stereocenters. The van der Waals surface area contributed by atoms with Gasteiger partial charge in [0, 0.05) is 11.2 Å². The van der Waals surface area contributed by atoms with Gasteiger partial charge in [-0.05, 0) is 30.3 Å². The highest BCUT2D eigenvalue weighted by atomic mass is 35.5. The van der Waals surface area contributed by atoms with Gasteiger partial charge < -0.3 is 4.74 Å². The minimum Gasteiger partial charge on any atom is -0.432 e. The van der Waals surface area contributed by atoms with Crippen LogP contribution < -0.4 is 15.6 Å². The van der Waals surface area contributed by atoms with Crippen LogP contribution in [-0.2, 0) is 0 Å². The highest BCUT2D eigenvalue weighted by Gasteiger charge is 2.25. The molecule has 2 heterocycles. The van der Waals surface area contributed by atoms with Crippen LogP contribution >= 0.6 is 23.2 Å². The predicted molar refractivity (Wildman–Crippen MR) is 101 cm³/mol. The Bertz CT molecular complexity index is 1030. The zero-order valence-electron chi connectivity index (χ0n) is 13.8. The Morgan fingerprint density at radius 3 is 2.71 bits per heavy atom. The number of aromatic nitrogens is 3. The summed E-state index contributed by atoms with van der Waals surface area (Å²) in [6.07, 6.45) is 3.93. The quantitative estimate of drug-likeness (QED) is 0.456. The van der Waals surface area contributed by atoms with Crippen LogP contribution in [0, 0.1) is 10.1 Å². The number of rotatable bonds is 6. The standard InChI is InChI=1S/C16H10Cl2N6O4/c17-9-3-4-11(12(18)6-9)15(25)23-22-14-13(24(26)27)16(21-8-20-14)28-10-2-1-5-19-7-10/h1-8H,(H,23,25)(H,20,21,22). The van der Waals surface area contributed by atoms with Gasteiger partial charge in [0.1, 0.15) is 12.1 Å². The van der Waals surface area contributed by atoms with Crippen LogP contribution in [0.15, 0.2) is 49.1 Å². The van der Waals surface area contributed by atoms with Gasteiger partial charge in [0.15, 0.2) is 0 Å². The van der Waals surface area contributed by atoms with E-state index in [-0.39, 0.29) is 28.0 Å². The van der Waals surface area contributed by atoms with E-state index in [1.54, 1.807) is 12.1 Å². The van der Waals surface area contributed by atoms with Crippen LogP contribution in [0.4, 0.5) is 11.5 Å². The van der Waals surface area contributed by atoms with Gasteiger partial charge in [-0.25, -0.2) is 4.98 Å². The third-order valence-electron chi connectivity index (χ3n) is 3.29. The minimum atomic E-state index is -0.741.